The van der Waals surface area contributed by atoms with Crippen LogP contribution in [0, 0.1) is 5.82 Å². The van der Waals surface area contributed by atoms with Gasteiger partial charge in [0.15, 0.2) is 0 Å². The molecule has 3 aromatic rings. The summed E-state index contributed by atoms with van der Waals surface area (Å²) in [4.78, 5) is -0.711. The predicted molar refractivity (Wildman–Crippen MR) is 95.3 cm³/mol. The van der Waals surface area contributed by atoms with E-state index in [-0.39, 0.29) is 27.0 Å². The summed E-state index contributed by atoms with van der Waals surface area (Å²) in [7, 11) is -4.27. The first-order valence-corrected chi connectivity index (χ1v) is 9.54. The maximum atomic E-state index is 14.2. The highest BCUT2D eigenvalue weighted by Crippen LogP contribution is 2.31. The molecule has 5 nitrogen and oxygen atoms in total. The van der Waals surface area contributed by atoms with Crippen LogP contribution in [0.4, 0.5) is 13.2 Å². The fourth-order valence-corrected chi connectivity index (χ4v) is 3.56. The van der Waals surface area contributed by atoms with Crippen LogP contribution in [0.15, 0.2) is 47.4 Å². The zero-order chi connectivity index (χ0) is 19.9. The van der Waals surface area contributed by atoms with Gasteiger partial charge in [-0.1, -0.05) is 29.3 Å². The van der Waals surface area contributed by atoms with E-state index in [2.05, 4.69) is 5.10 Å². The summed E-state index contributed by atoms with van der Waals surface area (Å²) in [5.74, 6) is -1.12. The van der Waals surface area contributed by atoms with Gasteiger partial charge in [-0.2, -0.15) is 5.10 Å². The molecule has 142 valence electrons. The van der Waals surface area contributed by atoms with E-state index in [1.54, 1.807) is 0 Å². The van der Waals surface area contributed by atoms with Crippen LogP contribution in [-0.2, 0) is 10.0 Å². The van der Waals surface area contributed by atoms with Crippen LogP contribution in [0.1, 0.15) is 12.1 Å². The zero-order valence-corrected chi connectivity index (χ0v) is 15.5. The molecular formula is C16H10Cl2F3N3O2S. The van der Waals surface area contributed by atoms with Gasteiger partial charge >= 0.3 is 0 Å². The molecule has 0 aliphatic carbocycles. The Balaban J connectivity index is 2.22. The zero-order valence-electron chi connectivity index (χ0n) is 13.2. The number of primary sulfonamides is 1. The van der Waals surface area contributed by atoms with E-state index < -0.39 is 32.9 Å². The first-order valence-electron chi connectivity index (χ1n) is 7.23. The summed E-state index contributed by atoms with van der Waals surface area (Å²) in [6.45, 7) is 0. The molecular weight excluding hydrogens is 426 g/mol. The molecule has 11 heteroatoms. The molecule has 2 N–H and O–H groups in total. The Morgan fingerprint density at radius 1 is 1.04 bits per heavy atom. The number of benzene rings is 2. The Morgan fingerprint density at radius 2 is 1.67 bits per heavy atom. The van der Waals surface area contributed by atoms with Crippen LogP contribution in [0.5, 0.6) is 0 Å². The van der Waals surface area contributed by atoms with E-state index in [9.17, 15) is 21.6 Å². The maximum Gasteiger partial charge on any atom is 0.282 e. The quantitative estimate of drug-likeness (QED) is 0.651. The van der Waals surface area contributed by atoms with Crippen molar-refractivity contribution in [2.45, 2.75) is 11.3 Å². The summed E-state index contributed by atoms with van der Waals surface area (Å²) >= 11 is 11.9. The molecule has 3 rings (SSSR count). The van der Waals surface area contributed by atoms with Gasteiger partial charge in [-0.05, 0) is 36.4 Å². The minimum absolute atomic E-state index is 0.0866. The van der Waals surface area contributed by atoms with Gasteiger partial charge in [0.2, 0.25) is 10.0 Å². The monoisotopic (exact) mass is 435 g/mol. The van der Waals surface area contributed by atoms with Gasteiger partial charge in [0.25, 0.3) is 6.43 Å². The first-order chi connectivity index (χ1) is 12.6. The van der Waals surface area contributed by atoms with Crippen molar-refractivity contribution in [3.8, 4) is 16.9 Å². The third kappa shape index (κ3) is 4.11. The van der Waals surface area contributed by atoms with Crippen molar-refractivity contribution in [2.24, 2.45) is 5.14 Å². The highest BCUT2D eigenvalue weighted by atomic mass is 35.5. The molecule has 0 saturated heterocycles. The molecule has 0 radical (unpaired) electrons. The summed E-state index contributed by atoms with van der Waals surface area (Å²) in [5.41, 5.74) is -0.0961. The second-order valence-electron chi connectivity index (χ2n) is 5.48. The Bertz CT molecular complexity index is 1110. The van der Waals surface area contributed by atoms with Crippen molar-refractivity contribution in [1.82, 2.24) is 9.78 Å². The SMILES string of the molecule is NS(=O)(=O)c1ccc(-c2cc(C(F)F)nn2-c2cc(Cl)cc(Cl)c2)cc1F. The van der Waals surface area contributed by atoms with Gasteiger partial charge in [-0.15, -0.1) is 0 Å². The number of nitrogens with zero attached hydrogens (tertiary/aromatic N) is 2. The number of nitrogens with two attached hydrogens (primary N) is 1. The molecule has 0 saturated carbocycles. The molecule has 1 aromatic heterocycles. The third-order valence-corrected chi connectivity index (χ3v) is 4.96. The second-order valence-corrected chi connectivity index (χ2v) is 7.89. The van der Waals surface area contributed by atoms with Crippen molar-refractivity contribution < 1.29 is 21.6 Å². The average molecular weight is 436 g/mol. The topological polar surface area (TPSA) is 78.0 Å². The number of hydrogen-bond acceptors (Lipinski definition) is 3. The van der Waals surface area contributed by atoms with Gasteiger partial charge in [-0.25, -0.2) is 31.4 Å². The van der Waals surface area contributed by atoms with Crippen molar-refractivity contribution >= 4 is 33.2 Å². The molecule has 2 aromatic carbocycles. The van der Waals surface area contributed by atoms with Crippen LogP contribution in [0.25, 0.3) is 16.9 Å². The largest absolute Gasteiger partial charge is 0.282 e. The predicted octanol–water partition coefficient (Wildman–Crippen LogP) is 4.57. The molecule has 0 aliphatic heterocycles. The molecule has 0 atom stereocenters. The number of alkyl halides is 2. The van der Waals surface area contributed by atoms with E-state index in [0.717, 1.165) is 22.9 Å². The summed E-state index contributed by atoms with van der Waals surface area (Å²) in [5, 5.41) is 9.24. The Labute approximate surface area is 162 Å². The van der Waals surface area contributed by atoms with Gasteiger partial charge in [0.05, 0.1) is 11.4 Å². The first kappa shape index (κ1) is 19.7. The highest BCUT2D eigenvalue weighted by molar-refractivity contribution is 7.89. The van der Waals surface area contributed by atoms with E-state index in [1.807, 2.05) is 0 Å². The number of rotatable bonds is 4. The number of hydrogen-bond donors (Lipinski definition) is 1. The van der Waals surface area contributed by atoms with Crippen LogP contribution in [0.2, 0.25) is 10.0 Å². The second kappa shape index (κ2) is 7.16. The van der Waals surface area contributed by atoms with Crippen molar-refractivity contribution in [3.63, 3.8) is 0 Å². The molecule has 0 spiro atoms. The molecule has 1 heterocycles. The average Bonchev–Trinajstić information content (AvgIpc) is 2.98. The van der Waals surface area contributed by atoms with E-state index >= 15 is 0 Å². The Hall–Kier alpha value is -2.07. The van der Waals surface area contributed by atoms with Gasteiger partial charge < -0.3 is 0 Å². The standard InChI is InChI=1S/C16H10Cl2F3N3O2S/c17-9-4-10(18)6-11(5-9)24-14(7-13(23-24)16(20)21)8-1-2-15(12(19)3-8)27(22,25)26/h1-7,16H,(H2,22,25,26). The maximum absolute atomic E-state index is 14.2. The van der Waals surface area contributed by atoms with E-state index in [0.29, 0.717) is 0 Å². The summed E-state index contributed by atoms with van der Waals surface area (Å²) in [6.07, 6.45) is -2.88. The molecule has 0 unspecified atom stereocenters. The molecule has 27 heavy (non-hydrogen) atoms. The lowest BCUT2D eigenvalue weighted by molar-refractivity contribution is 0.145. The Morgan fingerprint density at radius 3 is 2.19 bits per heavy atom. The summed E-state index contributed by atoms with van der Waals surface area (Å²) < 4.78 is 64.3. The van der Waals surface area contributed by atoms with E-state index in [1.165, 1.54) is 24.3 Å². The van der Waals surface area contributed by atoms with Crippen LogP contribution >= 0.6 is 23.2 Å². The number of sulfonamides is 1. The fourth-order valence-electron chi connectivity index (χ4n) is 2.46. The third-order valence-electron chi connectivity index (χ3n) is 3.58. The lowest BCUT2D eigenvalue weighted by atomic mass is 10.1. The fraction of sp³-hybridized carbons (Fsp3) is 0.0625. The molecule has 0 bridgehead atoms. The minimum atomic E-state index is -4.27. The van der Waals surface area contributed by atoms with Crippen LogP contribution in [-0.4, -0.2) is 18.2 Å². The minimum Gasteiger partial charge on any atom is -0.233 e. The van der Waals surface area contributed by atoms with Crippen LogP contribution in [0.3, 0.4) is 0 Å². The lowest BCUT2D eigenvalue weighted by Gasteiger charge is -2.10. The number of aromatic nitrogens is 2. The van der Waals surface area contributed by atoms with Crippen molar-refractivity contribution in [1.29, 1.82) is 0 Å². The number of halogens is 5. The summed E-state index contributed by atoms with van der Waals surface area (Å²) in [6, 6.07) is 8.44. The molecule has 0 aliphatic rings. The molecule has 0 fully saturated rings. The van der Waals surface area contributed by atoms with Crippen molar-refractivity contribution in [2.75, 3.05) is 0 Å². The molecule has 0 amide bonds. The normalized spacial score (nSPS) is 12.0. The van der Waals surface area contributed by atoms with Crippen LogP contribution < -0.4 is 5.14 Å². The van der Waals surface area contributed by atoms with Crippen molar-refractivity contribution in [3.05, 3.63) is 64.0 Å². The van der Waals surface area contributed by atoms with E-state index in [4.69, 9.17) is 28.3 Å². The van der Waals surface area contributed by atoms with Gasteiger partial charge in [0, 0.05) is 15.6 Å². The lowest BCUT2D eigenvalue weighted by Crippen LogP contribution is -2.14. The highest BCUT2D eigenvalue weighted by Gasteiger charge is 2.21. The van der Waals surface area contributed by atoms with Gasteiger partial charge in [0.1, 0.15) is 16.4 Å². The van der Waals surface area contributed by atoms with Gasteiger partial charge in [-0.3, -0.25) is 0 Å². The Kier molecular flexibility index (Phi) is 5.22. The smallest absolute Gasteiger partial charge is 0.233 e.